The van der Waals surface area contributed by atoms with Crippen molar-refractivity contribution in [1.82, 2.24) is 5.32 Å². The Bertz CT molecular complexity index is 872. The summed E-state index contributed by atoms with van der Waals surface area (Å²) in [6.45, 7) is -0.331. The molecule has 0 fully saturated rings. The maximum absolute atomic E-state index is 12.4. The van der Waals surface area contributed by atoms with E-state index in [-0.39, 0.29) is 25.0 Å². The van der Waals surface area contributed by atoms with Crippen molar-refractivity contribution in [2.45, 2.75) is 12.5 Å². The Hall–Kier alpha value is -3.11. The van der Waals surface area contributed by atoms with Crippen LogP contribution >= 0.6 is 11.6 Å². The highest BCUT2D eigenvalue weighted by molar-refractivity contribution is 6.30. The summed E-state index contributed by atoms with van der Waals surface area (Å²) in [4.78, 5) is 24.4. The first-order chi connectivity index (χ1) is 13.6. The molecular weight excluding hydrogens is 374 g/mol. The van der Waals surface area contributed by atoms with Gasteiger partial charge in [-0.25, -0.2) is 0 Å². The predicted octanol–water partition coefficient (Wildman–Crippen LogP) is 4.33. The maximum Gasteiger partial charge on any atom is 0.310 e. The van der Waals surface area contributed by atoms with Gasteiger partial charge in [-0.05, 0) is 28.8 Å². The van der Waals surface area contributed by atoms with Gasteiger partial charge in [0.05, 0.1) is 12.5 Å². The van der Waals surface area contributed by atoms with Gasteiger partial charge in [0, 0.05) is 5.02 Å². The summed E-state index contributed by atoms with van der Waals surface area (Å²) in [5, 5.41) is 3.54. The molecular formula is C23H20ClNO3. The third-order valence-electron chi connectivity index (χ3n) is 4.20. The molecule has 0 saturated heterocycles. The van der Waals surface area contributed by atoms with Crippen molar-refractivity contribution in [2.24, 2.45) is 0 Å². The van der Waals surface area contributed by atoms with E-state index < -0.39 is 5.97 Å². The molecule has 0 atom stereocenters. The molecule has 28 heavy (non-hydrogen) atoms. The van der Waals surface area contributed by atoms with Gasteiger partial charge in [-0.1, -0.05) is 84.4 Å². The Kier molecular flexibility index (Phi) is 6.82. The minimum atomic E-state index is -0.464. The molecule has 142 valence electrons. The van der Waals surface area contributed by atoms with E-state index in [4.69, 9.17) is 16.3 Å². The molecule has 0 aliphatic heterocycles. The molecule has 1 amide bonds. The molecule has 1 N–H and O–H groups in total. The molecule has 0 aliphatic rings. The Morgan fingerprint density at radius 3 is 1.89 bits per heavy atom. The normalized spacial score (nSPS) is 10.5. The van der Waals surface area contributed by atoms with Crippen molar-refractivity contribution in [1.29, 1.82) is 0 Å². The third-order valence-corrected chi connectivity index (χ3v) is 4.45. The van der Waals surface area contributed by atoms with Gasteiger partial charge in [-0.3, -0.25) is 9.59 Å². The Morgan fingerprint density at radius 2 is 1.36 bits per heavy atom. The lowest BCUT2D eigenvalue weighted by Gasteiger charge is -2.20. The lowest BCUT2D eigenvalue weighted by molar-refractivity contribution is -0.148. The molecule has 0 saturated carbocycles. The van der Waals surface area contributed by atoms with Crippen LogP contribution in [0, 0.1) is 0 Å². The summed E-state index contributed by atoms with van der Waals surface area (Å²) in [7, 11) is 0. The van der Waals surface area contributed by atoms with Crippen molar-refractivity contribution in [2.75, 3.05) is 6.61 Å². The molecule has 3 aromatic carbocycles. The predicted molar refractivity (Wildman–Crippen MR) is 109 cm³/mol. The molecule has 0 aliphatic carbocycles. The molecule has 4 nitrogen and oxygen atoms in total. The van der Waals surface area contributed by atoms with Crippen LogP contribution in [0.25, 0.3) is 0 Å². The maximum atomic E-state index is 12.4. The first-order valence-electron chi connectivity index (χ1n) is 8.91. The van der Waals surface area contributed by atoms with Crippen LogP contribution in [0.2, 0.25) is 5.02 Å². The van der Waals surface area contributed by atoms with Crippen molar-refractivity contribution in [3.05, 3.63) is 107 Å². The average Bonchev–Trinajstić information content (AvgIpc) is 2.73. The minimum absolute atomic E-state index is 0.0885. The Balaban J connectivity index is 1.59. The van der Waals surface area contributed by atoms with Gasteiger partial charge in [0.2, 0.25) is 0 Å². The minimum Gasteiger partial charge on any atom is -0.455 e. The molecule has 0 aromatic heterocycles. The van der Waals surface area contributed by atoms with Crippen LogP contribution in [-0.4, -0.2) is 18.5 Å². The summed E-state index contributed by atoms with van der Waals surface area (Å²) in [5.41, 5.74) is 2.69. The van der Waals surface area contributed by atoms with Crippen molar-refractivity contribution in [3.8, 4) is 0 Å². The molecule has 3 aromatic rings. The van der Waals surface area contributed by atoms with Crippen LogP contribution in [0.4, 0.5) is 0 Å². The van der Waals surface area contributed by atoms with Gasteiger partial charge < -0.3 is 10.1 Å². The van der Waals surface area contributed by atoms with Crippen LogP contribution in [-0.2, 0) is 20.7 Å². The Morgan fingerprint density at radius 1 is 0.821 bits per heavy atom. The smallest absolute Gasteiger partial charge is 0.310 e. The van der Waals surface area contributed by atoms with Gasteiger partial charge in [-0.2, -0.15) is 0 Å². The number of carbonyl (C=O) groups excluding carboxylic acids is 2. The van der Waals surface area contributed by atoms with Gasteiger partial charge in [0.25, 0.3) is 5.91 Å². The summed E-state index contributed by atoms with van der Waals surface area (Å²) >= 11 is 5.83. The van der Waals surface area contributed by atoms with E-state index in [1.807, 2.05) is 60.7 Å². The molecule has 0 unspecified atom stereocenters. The summed E-state index contributed by atoms with van der Waals surface area (Å²) < 4.78 is 5.13. The largest absolute Gasteiger partial charge is 0.455 e. The average molecular weight is 394 g/mol. The number of ether oxygens (including phenoxy) is 1. The van der Waals surface area contributed by atoms with Crippen LogP contribution in [0.5, 0.6) is 0 Å². The van der Waals surface area contributed by atoms with Crippen molar-refractivity contribution < 1.29 is 14.3 Å². The van der Waals surface area contributed by atoms with Crippen molar-refractivity contribution in [3.63, 3.8) is 0 Å². The van der Waals surface area contributed by atoms with Crippen LogP contribution in [0.15, 0.2) is 84.9 Å². The number of halogens is 1. The summed E-state index contributed by atoms with van der Waals surface area (Å²) in [6.07, 6.45) is 0.0885. The number of rotatable bonds is 7. The van der Waals surface area contributed by atoms with Gasteiger partial charge in [-0.15, -0.1) is 0 Å². The first kappa shape index (κ1) is 19.6. The van der Waals surface area contributed by atoms with E-state index in [1.54, 1.807) is 24.3 Å². The zero-order chi connectivity index (χ0) is 19.8. The zero-order valence-electron chi connectivity index (χ0n) is 15.2. The third kappa shape index (κ3) is 5.69. The van der Waals surface area contributed by atoms with E-state index in [9.17, 15) is 9.59 Å². The fourth-order valence-electron chi connectivity index (χ4n) is 2.82. The van der Waals surface area contributed by atoms with E-state index in [1.165, 1.54) is 0 Å². The SMILES string of the molecule is O=C(COC(=O)Cc1ccc(Cl)cc1)NC(c1ccccc1)c1ccccc1. The number of hydrogen-bond donors (Lipinski definition) is 1. The molecule has 0 heterocycles. The molecule has 0 spiro atoms. The Labute approximate surface area is 169 Å². The number of benzene rings is 3. The summed E-state index contributed by atoms with van der Waals surface area (Å²) in [5.74, 6) is -0.824. The highest BCUT2D eigenvalue weighted by atomic mass is 35.5. The van der Waals surface area contributed by atoms with Gasteiger partial charge in [0.1, 0.15) is 0 Å². The lowest BCUT2D eigenvalue weighted by Crippen LogP contribution is -2.33. The van der Waals surface area contributed by atoms with Crippen LogP contribution < -0.4 is 5.32 Å². The van der Waals surface area contributed by atoms with Crippen LogP contribution in [0.1, 0.15) is 22.7 Å². The van der Waals surface area contributed by atoms with E-state index in [0.29, 0.717) is 5.02 Å². The highest BCUT2D eigenvalue weighted by Gasteiger charge is 2.17. The molecule has 0 radical (unpaired) electrons. The van der Waals surface area contributed by atoms with Gasteiger partial charge in [0.15, 0.2) is 6.61 Å². The monoisotopic (exact) mass is 393 g/mol. The topological polar surface area (TPSA) is 55.4 Å². The lowest BCUT2D eigenvalue weighted by atomic mass is 9.99. The fraction of sp³-hybridized carbons (Fsp3) is 0.130. The van der Waals surface area contributed by atoms with E-state index >= 15 is 0 Å². The number of carbonyl (C=O) groups is 2. The molecule has 3 rings (SSSR count). The second-order valence-electron chi connectivity index (χ2n) is 6.29. The zero-order valence-corrected chi connectivity index (χ0v) is 15.9. The second-order valence-corrected chi connectivity index (χ2v) is 6.72. The summed E-state index contributed by atoms with van der Waals surface area (Å²) in [6, 6.07) is 25.9. The number of nitrogens with one attached hydrogen (secondary N) is 1. The second kappa shape index (κ2) is 9.72. The van der Waals surface area contributed by atoms with E-state index in [2.05, 4.69) is 5.32 Å². The fourth-order valence-corrected chi connectivity index (χ4v) is 2.94. The molecule has 5 heteroatoms. The first-order valence-corrected chi connectivity index (χ1v) is 9.29. The quantitative estimate of drug-likeness (QED) is 0.608. The van der Waals surface area contributed by atoms with Gasteiger partial charge >= 0.3 is 5.97 Å². The van der Waals surface area contributed by atoms with Crippen molar-refractivity contribution >= 4 is 23.5 Å². The number of hydrogen-bond acceptors (Lipinski definition) is 3. The van der Waals surface area contributed by atoms with Crippen LogP contribution in [0.3, 0.4) is 0 Å². The van der Waals surface area contributed by atoms with E-state index in [0.717, 1.165) is 16.7 Å². The molecule has 0 bridgehead atoms. The standard InChI is InChI=1S/C23H20ClNO3/c24-20-13-11-17(12-14-20)15-22(27)28-16-21(26)25-23(18-7-3-1-4-8-18)19-9-5-2-6-10-19/h1-14,23H,15-16H2,(H,25,26). The highest BCUT2D eigenvalue weighted by Crippen LogP contribution is 2.21. The number of amides is 1. The number of esters is 1.